The summed E-state index contributed by atoms with van der Waals surface area (Å²) in [4.78, 5) is 13.1. The Morgan fingerprint density at radius 1 is 1.53 bits per heavy atom. The first kappa shape index (κ1) is 11.6. The first-order valence-corrected chi connectivity index (χ1v) is 5.12. The van der Waals surface area contributed by atoms with Gasteiger partial charge in [-0.25, -0.2) is 0 Å². The van der Waals surface area contributed by atoms with E-state index in [4.69, 9.17) is 0 Å². The molecule has 0 radical (unpaired) electrons. The van der Waals surface area contributed by atoms with E-state index in [0.717, 1.165) is 5.56 Å². The molecule has 0 aliphatic carbocycles. The first-order valence-electron chi connectivity index (χ1n) is 5.12. The average Bonchev–Trinajstić information content (AvgIpc) is 2.18. The minimum Gasteiger partial charge on any atom is -0.508 e. The van der Waals surface area contributed by atoms with Gasteiger partial charge in [-0.15, -0.1) is 0 Å². The maximum atomic E-state index is 11.3. The monoisotopic (exact) mass is 207 g/mol. The predicted octanol–water partition coefficient (Wildman–Crippen LogP) is 2.32. The molecule has 82 valence electrons. The molecule has 1 amide bonds. The average molecular weight is 207 g/mol. The maximum absolute atomic E-state index is 11.3. The van der Waals surface area contributed by atoms with E-state index in [0.29, 0.717) is 6.54 Å². The van der Waals surface area contributed by atoms with Gasteiger partial charge >= 0.3 is 0 Å². The van der Waals surface area contributed by atoms with Crippen LogP contribution in [-0.2, 0) is 4.79 Å². The van der Waals surface area contributed by atoms with Crippen molar-refractivity contribution in [2.75, 3.05) is 6.54 Å². The van der Waals surface area contributed by atoms with Crippen LogP contribution in [0.15, 0.2) is 24.3 Å². The summed E-state index contributed by atoms with van der Waals surface area (Å²) in [6, 6.07) is 7.02. The Hall–Kier alpha value is -1.51. The number of aromatic hydroxyl groups is 1. The van der Waals surface area contributed by atoms with Gasteiger partial charge in [-0.2, -0.15) is 0 Å². The van der Waals surface area contributed by atoms with Crippen LogP contribution in [0.4, 0.5) is 0 Å². The van der Waals surface area contributed by atoms with Crippen LogP contribution < -0.4 is 0 Å². The number of carbonyl (C=O) groups excluding carboxylic acids is 1. The molecule has 0 aromatic heterocycles. The second-order valence-corrected chi connectivity index (χ2v) is 3.58. The van der Waals surface area contributed by atoms with Crippen molar-refractivity contribution in [1.29, 1.82) is 0 Å². The van der Waals surface area contributed by atoms with Crippen molar-refractivity contribution >= 4 is 5.91 Å². The van der Waals surface area contributed by atoms with Gasteiger partial charge in [-0.3, -0.25) is 4.79 Å². The molecule has 1 rings (SSSR count). The molecular formula is C12H17NO2. The summed E-state index contributed by atoms with van der Waals surface area (Å²) in [5, 5.41) is 9.35. The summed E-state index contributed by atoms with van der Waals surface area (Å²) < 4.78 is 0. The highest BCUT2D eigenvalue weighted by Gasteiger charge is 2.16. The normalized spacial score (nSPS) is 12.2. The minimum atomic E-state index is -0.000370. The molecular weight excluding hydrogens is 190 g/mol. The standard InChI is InChI=1S/C12H17NO2/c1-4-13(10(3)14)9(2)11-6-5-7-12(15)8-11/h5-9,15H,4H2,1-3H3. The Balaban J connectivity index is 2.92. The highest BCUT2D eigenvalue weighted by molar-refractivity contribution is 5.73. The van der Waals surface area contributed by atoms with Crippen LogP contribution in [0.25, 0.3) is 0 Å². The number of phenolic OH excluding ortho intramolecular Hbond substituents is 1. The highest BCUT2D eigenvalue weighted by Crippen LogP contribution is 2.23. The van der Waals surface area contributed by atoms with Crippen molar-refractivity contribution in [2.45, 2.75) is 26.8 Å². The lowest BCUT2D eigenvalue weighted by Crippen LogP contribution is -2.31. The van der Waals surface area contributed by atoms with Crippen molar-refractivity contribution in [3.63, 3.8) is 0 Å². The summed E-state index contributed by atoms with van der Waals surface area (Å²) >= 11 is 0. The van der Waals surface area contributed by atoms with Gasteiger partial charge in [-0.1, -0.05) is 12.1 Å². The van der Waals surface area contributed by atoms with Crippen LogP contribution in [0.1, 0.15) is 32.4 Å². The Kier molecular flexibility index (Phi) is 3.72. The third-order valence-corrected chi connectivity index (χ3v) is 2.57. The van der Waals surface area contributed by atoms with E-state index in [1.54, 1.807) is 30.0 Å². The van der Waals surface area contributed by atoms with E-state index in [1.807, 2.05) is 19.9 Å². The van der Waals surface area contributed by atoms with Crippen molar-refractivity contribution in [1.82, 2.24) is 4.90 Å². The zero-order chi connectivity index (χ0) is 11.4. The second-order valence-electron chi connectivity index (χ2n) is 3.58. The van der Waals surface area contributed by atoms with E-state index >= 15 is 0 Å². The van der Waals surface area contributed by atoms with E-state index < -0.39 is 0 Å². The van der Waals surface area contributed by atoms with E-state index in [2.05, 4.69) is 0 Å². The molecule has 1 N–H and O–H groups in total. The first-order chi connectivity index (χ1) is 7.06. The van der Waals surface area contributed by atoms with Crippen LogP contribution in [-0.4, -0.2) is 22.5 Å². The molecule has 0 fully saturated rings. The number of phenols is 1. The molecule has 1 unspecified atom stereocenters. The third kappa shape index (κ3) is 2.72. The van der Waals surface area contributed by atoms with Crippen LogP contribution in [0, 0.1) is 0 Å². The molecule has 0 saturated heterocycles. The quantitative estimate of drug-likeness (QED) is 0.826. The lowest BCUT2D eigenvalue weighted by atomic mass is 10.1. The van der Waals surface area contributed by atoms with Gasteiger partial charge in [-0.05, 0) is 31.5 Å². The molecule has 0 aliphatic heterocycles. The smallest absolute Gasteiger partial charge is 0.219 e. The SMILES string of the molecule is CCN(C(C)=O)C(C)c1cccc(O)c1. The number of carbonyl (C=O) groups is 1. The summed E-state index contributed by atoms with van der Waals surface area (Å²) in [5.74, 6) is 0.285. The molecule has 1 atom stereocenters. The molecule has 15 heavy (non-hydrogen) atoms. The van der Waals surface area contributed by atoms with Crippen LogP contribution >= 0.6 is 0 Å². The Morgan fingerprint density at radius 2 is 2.20 bits per heavy atom. The van der Waals surface area contributed by atoms with E-state index in [-0.39, 0.29) is 17.7 Å². The summed E-state index contributed by atoms with van der Waals surface area (Å²) in [7, 11) is 0. The lowest BCUT2D eigenvalue weighted by Gasteiger charge is -2.27. The number of amides is 1. The molecule has 3 nitrogen and oxygen atoms in total. The molecule has 0 saturated carbocycles. The van der Waals surface area contributed by atoms with Crippen LogP contribution in [0.3, 0.4) is 0 Å². The largest absolute Gasteiger partial charge is 0.508 e. The molecule has 0 aliphatic rings. The molecule has 1 aromatic carbocycles. The number of benzene rings is 1. The van der Waals surface area contributed by atoms with Crippen molar-refractivity contribution in [3.8, 4) is 5.75 Å². The molecule has 0 spiro atoms. The number of hydrogen-bond donors (Lipinski definition) is 1. The van der Waals surface area contributed by atoms with Gasteiger partial charge in [0.1, 0.15) is 5.75 Å². The van der Waals surface area contributed by atoms with Crippen molar-refractivity contribution in [2.24, 2.45) is 0 Å². The van der Waals surface area contributed by atoms with Gasteiger partial charge < -0.3 is 10.0 Å². The Labute approximate surface area is 90.3 Å². The van der Waals surface area contributed by atoms with Gasteiger partial charge in [0.2, 0.25) is 5.91 Å². The van der Waals surface area contributed by atoms with E-state index in [1.165, 1.54) is 0 Å². The zero-order valence-corrected chi connectivity index (χ0v) is 9.40. The summed E-state index contributed by atoms with van der Waals surface area (Å²) in [6.45, 7) is 6.13. The molecule has 0 bridgehead atoms. The molecule has 3 heteroatoms. The van der Waals surface area contributed by atoms with Gasteiger partial charge in [0, 0.05) is 13.5 Å². The Bertz CT molecular complexity index is 349. The maximum Gasteiger partial charge on any atom is 0.219 e. The fraction of sp³-hybridized carbons (Fsp3) is 0.417. The van der Waals surface area contributed by atoms with E-state index in [9.17, 15) is 9.90 Å². The fourth-order valence-electron chi connectivity index (χ4n) is 1.73. The molecule has 1 aromatic rings. The summed E-state index contributed by atoms with van der Waals surface area (Å²) in [6.07, 6.45) is 0. The summed E-state index contributed by atoms with van der Waals surface area (Å²) in [5.41, 5.74) is 0.951. The van der Waals surface area contributed by atoms with Crippen LogP contribution in [0.5, 0.6) is 5.75 Å². The lowest BCUT2D eigenvalue weighted by molar-refractivity contribution is -0.130. The van der Waals surface area contributed by atoms with Gasteiger partial charge in [0.05, 0.1) is 6.04 Å². The fourth-order valence-corrected chi connectivity index (χ4v) is 1.73. The zero-order valence-electron chi connectivity index (χ0n) is 9.40. The van der Waals surface area contributed by atoms with Gasteiger partial charge in [0.25, 0.3) is 0 Å². The highest BCUT2D eigenvalue weighted by atomic mass is 16.3. The Morgan fingerprint density at radius 3 is 2.67 bits per heavy atom. The minimum absolute atomic E-state index is 0.000370. The predicted molar refractivity (Wildman–Crippen MR) is 59.6 cm³/mol. The number of hydrogen-bond acceptors (Lipinski definition) is 2. The molecule has 0 heterocycles. The second kappa shape index (κ2) is 4.82. The van der Waals surface area contributed by atoms with Crippen molar-refractivity contribution in [3.05, 3.63) is 29.8 Å². The third-order valence-electron chi connectivity index (χ3n) is 2.57. The number of nitrogens with zero attached hydrogens (tertiary/aromatic N) is 1. The number of rotatable bonds is 3. The van der Waals surface area contributed by atoms with Crippen LogP contribution in [0.2, 0.25) is 0 Å². The topological polar surface area (TPSA) is 40.5 Å². The van der Waals surface area contributed by atoms with Crippen molar-refractivity contribution < 1.29 is 9.90 Å². The van der Waals surface area contributed by atoms with Gasteiger partial charge in [0.15, 0.2) is 0 Å².